The summed E-state index contributed by atoms with van der Waals surface area (Å²) >= 11 is 6.24. The monoisotopic (exact) mass is 280 g/mol. The maximum Gasteiger partial charge on any atom is 0.137 e. The summed E-state index contributed by atoms with van der Waals surface area (Å²) in [5.41, 5.74) is 0.972. The fraction of sp³-hybridized carbons (Fsp3) is 0.714. The first-order valence-corrected chi connectivity index (χ1v) is 7.50. The normalized spacial score (nSPS) is 24.5. The lowest BCUT2D eigenvalue weighted by Crippen LogP contribution is -2.40. The number of likely N-dealkylation sites (tertiary alicyclic amines) is 1. The van der Waals surface area contributed by atoms with E-state index in [1.807, 2.05) is 6.92 Å². The molecule has 104 valence electrons. The molecule has 0 spiro atoms. The molecule has 2 aliphatic rings. The summed E-state index contributed by atoms with van der Waals surface area (Å²) in [6.07, 6.45) is 4.83. The molecule has 1 aliphatic carbocycles. The van der Waals surface area contributed by atoms with Crippen molar-refractivity contribution in [3.05, 3.63) is 16.5 Å². The van der Waals surface area contributed by atoms with E-state index in [1.165, 1.54) is 32.2 Å². The molecule has 0 bridgehead atoms. The maximum absolute atomic E-state index is 6.24. The van der Waals surface area contributed by atoms with Gasteiger partial charge in [0, 0.05) is 24.1 Å². The van der Waals surface area contributed by atoms with E-state index in [1.54, 1.807) is 0 Å². The largest absolute Gasteiger partial charge is 0.366 e. The van der Waals surface area contributed by atoms with Crippen LogP contribution in [0.5, 0.6) is 0 Å². The van der Waals surface area contributed by atoms with E-state index in [2.05, 4.69) is 27.2 Å². The van der Waals surface area contributed by atoms with Gasteiger partial charge in [-0.05, 0) is 46.2 Å². The van der Waals surface area contributed by atoms with Gasteiger partial charge in [-0.2, -0.15) is 0 Å². The third-order valence-electron chi connectivity index (χ3n) is 4.01. The predicted molar refractivity (Wildman–Crippen MR) is 77.9 cm³/mol. The average Bonchev–Trinajstić information content (AvgIpc) is 3.19. The Labute approximate surface area is 119 Å². The molecule has 1 unspecified atom stereocenters. The van der Waals surface area contributed by atoms with E-state index in [9.17, 15) is 0 Å². The number of nitrogens with one attached hydrogen (secondary N) is 1. The van der Waals surface area contributed by atoms with Crippen LogP contribution in [0.15, 0.2) is 0 Å². The molecule has 4 nitrogen and oxygen atoms in total. The topological polar surface area (TPSA) is 41.1 Å². The van der Waals surface area contributed by atoms with Crippen LogP contribution in [-0.4, -0.2) is 41.0 Å². The van der Waals surface area contributed by atoms with Crippen molar-refractivity contribution < 1.29 is 0 Å². The van der Waals surface area contributed by atoms with Crippen LogP contribution in [0, 0.1) is 6.92 Å². The average molecular weight is 281 g/mol. The zero-order valence-electron chi connectivity index (χ0n) is 11.6. The summed E-state index contributed by atoms with van der Waals surface area (Å²) in [7, 11) is 2.17. The van der Waals surface area contributed by atoms with E-state index in [-0.39, 0.29) is 0 Å². The smallest absolute Gasteiger partial charge is 0.137 e. The second kappa shape index (κ2) is 5.25. The van der Waals surface area contributed by atoms with Crippen molar-refractivity contribution in [2.75, 3.05) is 25.5 Å². The minimum atomic E-state index is 0.468. The first kappa shape index (κ1) is 13.1. The summed E-state index contributed by atoms with van der Waals surface area (Å²) in [5, 5.41) is 4.17. The van der Waals surface area contributed by atoms with Gasteiger partial charge in [-0.25, -0.2) is 9.97 Å². The van der Waals surface area contributed by atoms with Gasteiger partial charge in [0.05, 0.1) is 0 Å². The van der Waals surface area contributed by atoms with E-state index in [0.717, 1.165) is 23.8 Å². The third kappa shape index (κ3) is 3.00. The van der Waals surface area contributed by atoms with Gasteiger partial charge >= 0.3 is 0 Å². The molecule has 2 heterocycles. The highest BCUT2D eigenvalue weighted by molar-refractivity contribution is 6.30. The van der Waals surface area contributed by atoms with Gasteiger partial charge < -0.3 is 10.2 Å². The van der Waals surface area contributed by atoms with E-state index in [0.29, 0.717) is 17.1 Å². The fourth-order valence-electron chi connectivity index (χ4n) is 2.65. The molecule has 1 saturated carbocycles. The molecular formula is C14H21ClN4. The van der Waals surface area contributed by atoms with Crippen LogP contribution in [0.3, 0.4) is 0 Å². The van der Waals surface area contributed by atoms with Crippen molar-refractivity contribution in [1.29, 1.82) is 0 Å². The van der Waals surface area contributed by atoms with Gasteiger partial charge in [0.25, 0.3) is 0 Å². The molecular weight excluding hydrogens is 260 g/mol. The highest BCUT2D eigenvalue weighted by Crippen LogP contribution is 2.39. The van der Waals surface area contributed by atoms with Crippen LogP contribution in [-0.2, 0) is 0 Å². The van der Waals surface area contributed by atoms with Crippen molar-refractivity contribution >= 4 is 17.4 Å². The quantitative estimate of drug-likeness (QED) is 0.865. The lowest BCUT2D eigenvalue weighted by atomic mass is 10.1. The Morgan fingerprint density at radius 1 is 1.26 bits per heavy atom. The Bertz CT molecular complexity index is 473. The second-order valence-corrected chi connectivity index (χ2v) is 6.22. The van der Waals surface area contributed by atoms with Crippen molar-refractivity contribution in [1.82, 2.24) is 14.9 Å². The molecule has 5 heteroatoms. The molecule has 1 saturated heterocycles. The van der Waals surface area contributed by atoms with E-state index < -0.39 is 0 Å². The molecule has 1 atom stereocenters. The zero-order chi connectivity index (χ0) is 13.4. The Hall–Kier alpha value is -0.870. The third-order valence-corrected chi connectivity index (χ3v) is 4.38. The van der Waals surface area contributed by atoms with Crippen molar-refractivity contribution in [3.8, 4) is 0 Å². The number of likely N-dealkylation sites (N-methyl/N-ethyl adjacent to an activating group) is 1. The SMILES string of the molecule is Cc1c(Cl)nc(C2CC2)nc1NC1CCCN(C)C1. The molecule has 2 fully saturated rings. The van der Waals surface area contributed by atoms with Crippen molar-refractivity contribution in [2.24, 2.45) is 0 Å². The Balaban J connectivity index is 1.78. The molecule has 1 aromatic rings. The second-order valence-electron chi connectivity index (χ2n) is 5.87. The number of nitrogens with zero attached hydrogens (tertiary/aromatic N) is 3. The van der Waals surface area contributed by atoms with Crippen LogP contribution in [0.2, 0.25) is 5.15 Å². The number of aromatic nitrogens is 2. The van der Waals surface area contributed by atoms with Crippen LogP contribution in [0.25, 0.3) is 0 Å². The summed E-state index contributed by atoms with van der Waals surface area (Å²) in [5.74, 6) is 2.39. The van der Waals surface area contributed by atoms with Gasteiger partial charge in [-0.15, -0.1) is 0 Å². The minimum Gasteiger partial charge on any atom is -0.366 e. The number of halogens is 1. The Morgan fingerprint density at radius 2 is 2.05 bits per heavy atom. The van der Waals surface area contributed by atoms with Gasteiger partial charge in [-0.3, -0.25) is 0 Å². The molecule has 1 N–H and O–H groups in total. The molecule has 0 amide bonds. The number of anilines is 1. The van der Waals surface area contributed by atoms with Crippen LogP contribution >= 0.6 is 11.6 Å². The van der Waals surface area contributed by atoms with Gasteiger partial charge in [0.2, 0.25) is 0 Å². The summed E-state index contributed by atoms with van der Waals surface area (Å²) < 4.78 is 0. The summed E-state index contributed by atoms with van der Waals surface area (Å²) in [6.45, 7) is 4.25. The first-order valence-electron chi connectivity index (χ1n) is 7.12. The number of piperidine rings is 1. The molecule has 19 heavy (non-hydrogen) atoms. The highest BCUT2D eigenvalue weighted by atomic mass is 35.5. The lowest BCUT2D eigenvalue weighted by molar-refractivity contribution is 0.260. The lowest BCUT2D eigenvalue weighted by Gasteiger charge is -2.31. The standard InChI is InChI=1S/C14H21ClN4/c1-9-12(15)17-14(10-5-6-10)18-13(9)16-11-4-3-7-19(2)8-11/h10-11H,3-8H2,1-2H3,(H,16,17,18). The Morgan fingerprint density at radius 3 is 2.74 bits per heavy atom. The van der Waals surface area contributed by atoms with Gasteiger partial charge in [-0.1, -0.05) is 11.6 Å². The molecule has 3 rings (SSSR count). The fourth-order valence-corrected chi connectivity index (χ4v) is 2.82. The van der Waals surface area contributed by atoms with Crippen molar-refractivity contribution in [2.45, 2.75) is 44.6 Å². The molecule has 0 aromatic carbocycles. The number of rotatable bonds is 3. The summed E-state index contributed by atoms with van der Waals surface area (Å²) in [4.78, 5) is 11.5. The number of hydrogen-bond acceptors (Lipinski definition) is 4. The number of hydrogen-bond donors (Lipinski definition) is 1. The first-order chi connectivity index (χ1) is 9.13. The maximum atomic E-state index is 6.24. The minimum absolute atomic E-state index is 0.468. The van der Waals surface area contributed by atoms with E-state index in [4.69, 9.17) is 11.6 Å². The van der Waals surface area contributed by atoms with Crippen LogP contribution in [0.1, 0.15) is 43.0 Å². The van der Waals surface area contributed by atoms with E-state index >= 15 is 0 Å². The van der Waals surface area contributed by atoms with Crippen LogP contribution in [0.4, 0.5) is 5.82 Å². The Kier molecular flexibility index (Phi) is 3.63. The van der Waals surface area contributed by atoms with Gasteiger partial charge in [0.1, 0.15) is 16.8 Å². The molecule has 0 radical (unpaired) electrons. The highest BCUT2D eigenvalue weighted by Gasteiger charge is 2.28. The van der Waals surface area contributed by atoms with Gasteiger partial charge in [0.15, 0.2) is 0 Å². The van der Waals surface area contributed by atoms with Crippen molar-refractivity contribution in [3.63, 3.8) is 0 Å². The molecule has 1 aliphatic heterocycles. The van der Waals surface area contributed by atoms with Crippen LogP contribution < -0.4 is 5.32 Å². The molecule has 1 aromatic heterocycles. The summed E-state index contributed by atoms with van der Waals surface area (Å²) in [6, 6.07) is 0.468. The zero-order valence-corrected chi connectivity index (χ0v) is 12.4. The predicted octanol–water partition coefficient (Wildman–Crippen LogP) is 2.82.